The zero-order valence-electron chi connectivity index (χ0n) is 11.9. The van der Waals surface area contributed by atoms with Crippen LogP contribution in [0.5, 0.6) is 0 Å². The molecule has 0 spiro atoms. The maximum atomic E-state index is 13.1. The molecule has 0 saturated carbocycles. The minimum absolute atomic E-state index is 0.275. The summed E-state index contributed by atoms with van der Waals surface area (Å²) in [7, 11) is 0. The number of nitrogens with two attached hydrogens (primary N) is 1. The minimum Gasteiger partial charge on any atom is -0.384 e. The molecule has 3 rings (SSSR count). The van der Waals surface area contributed by atoms with E-state index in [9.17, 15) is 27.6 Å². The van der Waals surface area contributed by atoms with Crippen LogP contribution >= 0.6 is 23.2 Å². The van der Waals surface area contributed by atoms with Crippen LogP contribution in [0, 0.1) is 0 Å². The lowest BCUT2D eigenvalue weighted by Crippen LogP contribution is -2.25. The van der Waals surface area contributed by atoms with Crippen molar-refractivity contribution in [3.8, 4) is 5.69 Å². The molecular formula is C14H6Cl2F3N3O3. The number of anilines is 1. The number of nitrogens with zero attached hydrogens (tertiary/aromatic N) is 1. The van der Waals surface area contributed by atoms with Crippen molar-refractivity contribution in [1.29, 1.82) is 0 Å². The number of nitrogen functional groups attached to an aromatic ring is 1. The fourth-order valence-corrected chi connectivity index (χ4v) is 3.12. The number of amides is 2. The number of nitrogens with one attached hydrogen (secondary N) is 1. The molecule has 0 bridgehead atoms. The van der Waals surface area contributed by atoms with Gasteiger partial charge in [0.05, 0.1) is 32.4 Å². The van der Waals surface area contributed by atoms with Crippen LogP contribution < -0.4 is 16.6 Å². The fraction of sp³-hybridized carbons (Fsp3) is 0.0714. The molecule has 1 aromatic heterocycles. The number of alkyl halides is 3. The van der Waals surface area contributed by atoms with Crippen molar-refractivity contribution in [2.75, 3.05) is 5.73 Å². The van der Waals surface area contributed by atoms with E-state index in [2.05, 4.69) is 0 Å². The lowest BCUT2D eigenvalue weighted by atomic mass is 10.1. The van der Waals surface area contributed by atoms with Crippen molar-refractivity contribution in [3.63, 3.8) is 0 Å². The highest BCUT2D eigenvalue weighted by atomic mass is 35.5. The average Bonchev–Trinajstić information content (AvgIpc) is 2.75. The van der Waals surface area contributed by atoms with Gasteiger partial charge in [-0.05, 0) is 12.1 Å². The summed E-state index contributed by atoms with van der Waals surface area (Å²) in [5, 5.41) is 0.780. The molecule has 0 radical (unpaired) electrons. The summed E-state index contributed by atoms with van der Waals surface area (Å²) >= 11 is 11.7. The Kier molecular flexibility index (Phi) is 3.81. The van der Waals surface area contributed by atoms with E-state index < -0.39 is 45.6 Å². The second-order valence-corrected chi connectivity index (χ2v) is 5.82. The van der Waals surface area contributed by atoms with Gasteiger partial charge in [0, 0.05) is 6.07 Å². The SMILES string of the molecule is Nc1c2c(cc(=O)n1-c1c(Cl)ccc(C(F)(F)F)c1Cl)C(=O)NC2=O. The quantitative estimate of drug-likeness (QED) is 0.730. The molecule has 25 heavy (non-hydrogen) atoms. The lowest BCUT2D eigenvalue weighted by Gasteiger charge is -2.18. The lowest BCUT2D eigenvalue weighted by molar-refractivity contribution is -0.137. The molecule has 1 aliphatic rings. The van der Waals surface area contributed by atoms with Gasteiger partial charge < -0.3 is 5.73 Å². The second-order valence-electron chi connectivity index (χ2n) is 5.03. The van der Waals surface area contributed by atoms with Crippen LogP contribution in [0.4, 0.5) is 19.0 Å². The van der Waals surface area contributed by atoms with Crippen LogP contribution in [0.15, 0.2) is 23.0 Å². The van der Waals surface area contributed by atoms with E-state index in [4.69, 9.17) is 28.9 Å². The summed E-state index contributed by atoms with van der Waals surface area (Å²) in [4.78, 5) is 35.7. The molecule has 2 amide bonds. The third-order valence-corrected chi connectivity index (χ3v) is 4.24. The van der Waals surface area contributed by atoms with Gasteiger partial charge in [0.15, 0.2) is 0 Å². The molecular weight excluding hydrogens is 386 g/mol. The zero-order valence-corrected chi connectivity index (χ0v) is 13.4. The van der Waals surface area contributed by atoms with Crippen LogP contribution in [0.1, 0.15) is 26.3 Å². The maximum Gasteiger partial charge on any atom is 0.417 e. The van der Waals surface area contributed by atoms with Gasteiger partial charge in [0.1, 0.15) is 5.82 Å². The van der Waals surface area contributed by atoms with Gasteiger partial charge >= 0.3 is 6.18 Å². The molecule has 0 saturated heterocycles. The first kappa shape index (κ1) is 17.3. The fourth-order valence-electron chi connectivity index (χ4n) is 2.47. The summed E-state index contributed by atoms with van der Waals surface area (Å²) < 4.78 is 39.7. The largest absolute Gasteiger partial charge is 0.417 e. The average molecular weight is 392 g/mol. The first-order valence-electron chi connectivity index (χ1n) is 6.50. The molecule has 6 nitrogen and oxygen atoms in total. The van der Waals surface area contributed by atoms with Crippen molar-refractivity contribution in [2.24, 2.45) is 0 Å². The molecule has 130 valence electrons. The van der Waals surface area contributed by atoms with E-state index in [1.165, 1.54) is 0 Å². The van der Waals surface area contributed by atoms with Crippen LogP contribution in [0.2, 0.25) is 10.0 Å². The Morgan fingerprint density at radius 1 is 1.08 bits per heavy atom. The number of hydrogen-bond acceptors (Lipinski definition) is 4. The van der Waals surface area contributed by atoms with Gasteiger partial charge in [-0.2, -0.15) is 13.2 Å². The molecule has 0 atom stereocenters. The Hall–Kier alpha value is -2.52. The topological polar surface area (TPSA) is 94.2 Å². The molecule has 11 heteroatoms. The molecule has 1 aliphatic heterocycles. The van der Waals surface area contributed by atoms with Crippen LogP contribution in [-0.4, -0.2) is 16.4 Å². The van der Waals surface area contributed by atoms with Crippen LogP contribution in [0.3, 0.4) is 0 Å². The normalized spacial score (nSPS) is 13.8. The minimum atomic E-state index is -4.81. The summed E-state index contributed by atoms with van der Waals surface area (Å²) in [6, 6.07) is 2.33. The Morgan fingerprint density at radius 2 is 1.72 bits per heavy atom. The number of imide groups is 1. The van der Waals surface area contributed by atoms with E-state index in [1.54, 1.807) is 0 Å². The summed E-state index contributed by atoms with van der Waals surface area (Å²) in [6.45, 7) is 0. The van der Waals surface area contributed by atoms with Gasteiger partial charge in [-0.3, -0.25) is 24.3 Å². The highest BCUT2D eigenvalue weighted by Gasteiger charge is 2.37. The van der Waals surface area contributed by atoms with E-state index >= 15 is 0 Å². The standard InChI is InChI=1S/C14H6Cl2F3N3O3/c15-6-2-1-5(14(17,18)19)9(16)10(6)22-7(23)3-4-8(11(22)20)13(25)21-12(4)24/h1-3H,20H2,(H,21,24,25). The van der Waals surface area contributed by atoms with Gasteiger partial charge in [-0.25, -0.2) is 0 Å². The van der Waals surface area contributed by atoms with Crippen LogP contribution in [0.25, 0.3) is 5.69 Å². The molecule has 0 aliphatic carbocycles. The predicted octanol–water partition coefficient (Wildman–Crippen LogP) is 2.63. The first-order valence-corrected chi connectivity index (χ1v) is 7.26. The number of benzene rings is 1. The monoisotopic (exact) mass is 391 g/mol. The van der Waals surface area contributed by atoms with Crippen molar-refractivity contribution in [1.82, 2.24) is 9.88 Å². The molecule has 0 fully saturated rings. The van der Waals surface area contributed by atoms with Gasteiger partial charge in [0.2, 0.25) is 0 Å². The van der Waals surface area contributed by atoms with Crippen molar-refractivity contribution in [3.05, 3.63) is 55.3 Å². The maximum absolute atomic E-state index is 13.1. The third kappa shape index (κ3) is 2.56. The number of carbonyl (C=O) groups is 2. The van der Waals surface area contributed by atoms with E-state index in [0.717, 1.165) is 12.1 Å². The number of fused-ring (bicyclic) bond motifs is 1. The third-order valence-electron chi connectivity index (χ3n) is 3.55. The Morgan fingerprint density at radius 3 is 2.32 bits per heavy atom. The van der Waals surface area contributed by atoms with Crippen molar-refractivity contribution < 1.29 is 22.8 Å². The summed E-state index contributed by atoms with van der Waals surface area (Å²) in [5.41, 5.74) is 2.42. The molecule has 1 aromatic carbocycles. The zero-order chi connectivity index (χ0) is 18.7. The van der Waals surface area contributed by atoms with E-state index in [-0.39, 0.29) is 16.1 Å². The van der Waals surface area contributed by atoms with E-state index in [1.807, 2.05) is 5.32 Å². The smallest absolute Gasteiger partial charge is 0.384 e. The predicted molar refractivity (Wildman–Crippen MR) is 83.3 cm³/mol. The van der Waals surface area contributed by atoms with Gasteiger partial charge in [-0.15, -0.1) is 0 Å². The number of carbonyl (C=O) groups excluding carboxylic acids is 2. The summed E-state index contributed by atoms with van der Waals surface area (Å²) in [5.74, 6) is -2.27. The van der Waals surface area contributed by atoms with Crippen LogP contribution in [-0.2, 0) is 6.18 Å². The molecule has 0 unspecified atom stereocenters. The number of hydrogen-bond donors (Lipinski definition) is 2. The van der Waals surface area contributed by atoms with Gasteiger partial charge in [-0.1, -0.05) is 23.2 Å². The highest BCUT2D eigenvalue weighted by Crippen LogP contribution is 2.41. The molecule has 2 heterocycles. The second kappa shape index (κ2) is 5.50. The first-order chi connectivity index (χ1) is 11.5. The Labute approximate surface area is 146 Å². The number of halogens is 5. The number of pyridine rings is 1. The summed E-state index contributed by atoms with van der Waals surface area (Å²) in [6.07, 6.45) is -4.81. The van der Waals surface area contributed by atoms with E-state index in [0.29, 0.717) is 10.6 Å². The molecule has 3 N–H and O–H groups in total. The number of rotatable bonds is 1. The Balaban J connectivity index is 2.40. The Bertz CT molecular complexity index is 1020. The van der Waals surface area contributed by atoms with Gasteiger partial charge in [0.25, 0.3) is 17.4 Å². The molecule has 2 aromatic rings. The van der Waals surface area contributed by atoms with Crippen molar-refractivity contribution >= 4 is 40.8 Å². The highest BCUT2D eigenvalue weighted by molar-refractivity contribution is 6.38. The number of aromatic nitrogens is 1. The van der Waals surface area contributed by atoms with Crippen molar-refractivity contribution in [2.45, 2.75) is 6.18 Å².